The van der Waals surface area contributed by atoms with E-state index in [-0.39, 0.29) is 5.91 Å². The molecule has 0 unspecified atom stereocenters. The van der Waals surface area contributed by atoms with Crippen LogP contribution in [0, 0.1) is 6.92 Å². The highest BCUT2D eigenvalue weighted by Crippen LogP contribution is 2.34. The molecule has 7 nitrogen and oxygen atoms in total. The molecule has 3 aromatic rings. The minimum absolute atomic E-state index is 0.164. The monoisotopic (exact) mass is 400 g/mol. The van der Waals surface area contributed by atoms with Crippen LogP contribution in [-0.4, -0.2) is 58.5 Å². The third-order valence-electron chi connectivity index (χ3n) is 5.17. The van der Waals surface area contributed by atoms with Crippen molar-refractivity contribution in [2.24, 2.45) is 0 Å². The summed E-state index contributed by atoms with van der Waals surface area (Å²) in [5, 5.41) is 10.4. The SMILES string of the molecule is COc1cc2cc(C)c3nnc(SCC(=O)N4CCCCC4)n3c2cc1OC. The Hall–Kier alpha value is -2.48. The molecular formula is C20H24N4O3S. The molecule has 0 saturated carbocycles. The Balaban J connectivity index is 1.71. The van der Waals surface area contributed by atoms with Gasteiger partial charge in [0.15, 0.2) is 22.3 Å². The molecule has 1 aliphatic heterocycles. The predicted molar refractivity (Wildman–Crippen MR) is 109 cm³/mol. The van der Waals surface area contributed by atoms with Crippen molar-refractivity contribution < 1.29 is 14.3 Å². The fourth-order valence-corrected chi connectivity index (χ4v) is 4.54. The van der Waals surface area contributed by atoms with Gasteiger partial charge in [-0.1, -0.05) is 11.8 Å². The summed E-state index contributed by atoms with van der Waals surface area (Å²) in [5.74, 6) is 1.85. The zero-order chi connectivity index (χ0) is 19.7. The lowest BCUT2D eigenvalue weighted by Crippen LogP contribution is -2.36. The Morgan fingerprint density at radius 2 is 1.79 bits per heavy atom. The van der Waals surface area contributed by atoms with E-state index in [0.29, 0.717) is 22.4 Å². The molecule has 1 aromatic carbocycles. The van der Waals surface area contributed by atoms with Crippen LogP contribution in [0.3, 0.4) is 0 Å². The van der Waals surface area contributed by atoms with E-state index >= 15 is 0 Å². The summed E-state index contributed by atoms with van der Waals surface area (Å²) in [6.07, 6.45) is 3.40. The van der Waals surface area contributed by atoms with Crippen LogP contribution in [0.5, 0.6) is 11.5 Å². The molecule has 28 heavy (non-hydrogen) atoms. The van der Waals surface area contributed by atoms with E-state index in [1.54, 1.807) is 14.2 Å². The average molecular weight is 401 g/mol. The minimum atomic E-state index is 0.164. The molecule has 2 aromatic heterocycles. The lowest BCUT2D eigenvalue weighted by atomic mass is 10.1. The Morgan fingerprint density at radius 1 is 1.07 bits per heavy atom. The maximum Gasteiger partial charge on any atom is 0.233 e. The number of aromatic nitrogens is 3. The Labute approximate surface area is 168 Å². The van der Waals surface area contributed by atoms with Gasteiger partial charge in [0, 0.05) is 24.5 Å². The first-order valence-electron chi connectivity index (χ1n) is 9.43. The standard InChI is InChI=1S/C20H24N4O3S/c1-13-9-14-10-16(26-2)17(27-3)11-15(14)24-19(13)21-22-20(24)28-12-18(25)23-7-5-4-6-8-23/h9-11H,4-8,12H2,1-3H3. The number of methoxy groups -OCH3 is 2. The number of rotatable bonds is 5. The molecule has 1 amide bonds. The van der Waals surface area contributed by atoms with Crippen LogP contribution in [0.1, 0.15) is 24.8 Å². The number of carbonyl (C=O) groups is 1. The molecule has 1 fully saturated rings. The van der Waals surface area contributed by atoms with Crippen molar-refractivity contribution in [3.8, 4) is 11.5 Å². The van der Waals surface area contributed by atoms with Gasteiger partial charge in [0.05, 0.1) is 25.5 Å². The van der Waals surface area contributed by atoms with Gasteiger partial charge in [-0.2, -0.15) is 0 Å². The Kier molecular flexibility index (Phi) is 5.30. The summed E-state index contributed by atoms with van der Waals surface area (Å²) in [7, 11) is 3.25. The normalized spacial score (nSPS) is 14.6. The van der Waals surface area contributed by atoms with E-state index in [0.717, 1.165) is 48.0 Å². The van der Waals surface area contributed by atoms with Crippen LogP contribution in [0.25, 0.3) is 16.6 Å². The fourth-order valence-electron chi connectivity index (χ4n) is 3.69. The van der Waals surface area contributed by atoms with Gasteiger partial charge < -0.3 is 14.4 Å². The van der Waals surface area contributed by atoms with Crippen molar-refractivity contribution in [3.05, 3.63) is 23.8 Å². The second-order valence-electron chi connectivity index (χ2n) is 6.97. The number of fused-ring (bicyclic) bond motifs is 3. The van der Waals surface area contributed by atoms with Crippen molar-refractivity contribution in [2.45, 2.75) is 31.3 Å². The third-order valence-corrected chi connectivity index (χ3v) is 6.08. The smallest absolute Gasteiger partial charge is 0.233 e. The van der Waals surface area contributed by atoms with E-state index in [2.05, 4.69) is 16.3 Å². The van der Waals surface area contributed by atoms with E-state index < -0.39 is 0 Å². The highest BCUT2D eigenvalue weighted by molar-refractivity contribution is 7.99. The number of likely N-dealkylation sites (tertiary alicyclic amines) is 1. The van der Waals surface area contributed by atoms with Crippen molar-refractivity contribution in [2.75, 3.05) is 33.1 Å². The quantitative estimate of drug-likeness (QED) is 0.612. The number of piperidine rings is 1. The second kappa shape index (κ2) is 7.87. The number of amides is 1. The second-order valence-corrected chi connectivity index (χ2v) is 7.91. The molecule has 0 N–H and O–H groups in total. The molecule has 1 aliphatic rings. The molecule has 0 atom stereocenters. The Bertz CT molecular complexity index is 1030. The van der Waals surface area contributed by atoms with Gasteiger partial charge >= 0.3 is 0 Å². The largest absolute Gasteiger partial charge is 0.493 e. The van der Waals surface area contributed by atoms with E-state index in [1.807, 2.05) is 28.4 Å². The van der Waals surface area contributed by atoms with Crippen molar-refractivity contribution >= 4 is 34.2 Å². The molecule has 1 saturated heterocycles. The first kappa shape index (κ1) is 18.9. The highest BCUT2D eigenvalue weighted by atomic mass is 32.2. The zero-order valence-corrected chi connectivity index (χ0v) is 17.2. The molecular weight excluding hydrogens is 376 g/mol. The number of pyridine rings is 1. The van der Waals surface area contributed by atoms with Gasteiger partial charge in [-0.3, -0.25) is 9.20 Å². The van der Waals surface area contributed by atoms with Crippen molar-refractivity contribution in [1.29, 1.82) is 0 Å². The number of hydrogen-bond donors (Lipinski definition) is 0. The summed E-state index contributed by atoms with van der Waals surface area (Å²) in [6, 6.07) is 5.95. The Morgan fingerprint density at radius 3 is 2.50 bits per heavy atom. The van der Waals surface area contributed by atoms with Gasteiger partial charge in [0.2, 0.25) is 5.91 Å². The molecule has 4 rings (SSSR count). The van der Waals surface area contributed by atoms with E-state index in [9.17, 15) is 4.79 Å². The van der Waals surface area contributed by atoms with Crippen molar-refractivity contribution in [3.63, 3.8) is 0 Å². The zero-order valence-electron chi connectivity index (χ0n) is 16.4. The average Bonchev–Trinajstić information content (AvgIpc) is 3.16. The van der Waals surface area contributed by atoms with Crippen molar-refractivity contribution in [1.82, 2.24) is 19.5 Å². The molecule has 0 spiro atoms. The molecule has 8 heteroatoms. The van der Waals surface area contributed by atoms with Gasteiger partial charge in [0.25, 0.3) is 0 Å². The minimum Gasteiger partial charge on any atom is -0.493 e. The third kappa shape index (κ3) is 3.37. The fraction of sp³-hybridized carbons (Fsp3) is 0.450. The molecule has 3 heterocycles. The van der Waals surface area contributed by atoms with Crippen LogP contribution in [0.15, 0.2) is 23.4 Å². The van der Waals surface area contributed by atoms with Gasteiger partial charge in [-0.25, -0.2) is 0 Å². The topological polar surface area (TPSA) is 69.0 Å². The lowest BCUT2D eigenvalue weighted by molar-refractivity contribution is -0.129. The summed E-state index contributed by atoms with van der Waals surface area (Å²) in [5.41, 5.74) is 2.73. The number of hydrogen-bond acceptors (Lipinski definition) is 6. The molecule has 148 valence electrons. The number of aryl methyl sites for hydroxylation is 1. The molecule has 0 aliphatic carbocycles. The maximum atomic E-state index is 12.6. The number of carbonyl (C=O) groups excluding carboxylic acids is 1. The summed E-state index contributed by atoms with van der Waals surface area (Å²) in [4.78, 5) is 14.5. The highest BCUT2D eigenvalue weighted by Gasteiger charge is 2.19. The summed E-state index contributed by atoms with van der Waals surface area (Å²) < 4.78 is 12.9. The summed E-state index contributed by atoms with van der Waals surface area (Å²) in [6.45, 7) is 3.73. The first-order chi connectivity index (χ1) is 13.6. The van der Waals surface area contributed by atoms with E-state index in [4.69, 9.17) is 9.47 Å². The molecule has 0 radical (unpaired) electrons. The van der Waals surface area contributed by atoms with Gasteiger partial charge in [-0.05, 0) is 43.9 Å². The van der Waals surface area contributed by atoms with Crippen LogP contribution < -0.4 is 9.47 Å². The number of benzene rings is 1. The number of ether oxygens (including phenoxy) is 2. The first-order valence-corrected chi connectivity index (χ1v) is 10.4. The predicted octanol–water partition coefficient (Wildman–Crippen LogP) is 3.31. The van der Waals surface area contributed by atoms with E-state index in [1.165, 1.54) is 18.2 Å². The van der Waals surface area contributed by atoms with Crippen LogP contribution in [-0.2, 0) is 4.79 Å². The van der Waals surface area contributed by atoms with Crippen LogP contribution in [0.4, 0.5) is 0 Å². The maximum absolute atomic E-state index is 12.6. The van der Waals surface area contributed by atoms with Crippen LogP contribution >= 0.6 is 11.8 Å². The number of nitrogens with zero attached hydrogens (tertiary/aromatic N) is 4. The summed E-state index contributed by atoms with van der Waals surface area (Å²) >= 11 is 1.43. The van der Waals surface area contributed by atoms with Gasteiger partial charge in [0.1, 0.15) is 0 Å². The number of thioether (sulfide) groups is 1. The lowest BCUT2D eigenvalue weighted by Gasteiger charge is -2.26. The van der Waals surface area contributed by atoms with Gasteiger partial charge in [-0.15, -0.1) is 10.2 Å². The van der Waals surface area contributed by atoms with Crippen LogP contribution in [0.2, 0.25) is 0 Å². The molecule has 0 bridgehead atoms.